The second-order valence-electron chi connectivity index (χ2n) is 4.19. The van der Waals surface area contributed by atoms with Gasteiger partial charge in [0.25, 0.3) is 11.5 Å². The highest BCUT2D eigenvalue weighted by atomic mass is 16.4. The maximum absolute atomic E-state index is 12.0. The first-order valence-electron chi connectivity index (χ1n) is 5.43. The third-order valence-electron chi connectivity index (χ3n) is 2.90. The third kappa shape index (κ3) is 2.34. The molecular weight excluding hydrogens is 240 g/mol. The van der Waals surface area contributed by atoms with Gasteiger partial charge in [-0.15, -0.1) is 0 Å². The highest BCUT2D eigenvalue weighted by molar-refractivity contribution is 5.95. The number of H-pyrrole nitrogens is 1. The van der Waals surface area contributed by atoms with E-state index in [1.165, 1.54) is 4.90 Å². The molecule has 1 aliphatic rings. The van der Waals surface area contributed by atoms with Gasteiger partial charge in [-0.25, -0.2) is 0 Å². The first-order chi connectivity index (χ1) is 8.47. The van der Waals surface area contributed by atoms with Gasteiger partial charge in [0.1, 0.15) is 0 Å². The Morgan fingerprint density at radius 3 is 2.67 bits per heavy atom. The van der Waals surface area contributed by atoms with Crippen molar-refractivity contribution in [1.82, 2.24) is 9.88 Å². The van der Waals surface area contributed by atoms with E-state index in [-0.39, 0.29) is 18.0 Å². The average molecular weight is 252 g/mol. The van der Waals surface area contributed by atoms with Crippen molar-refractivity contribution in [3.8, 4) is 5.88 Å². The summed E-state index contributed by atoms with van der Waals surface area (Å²) in [6.07, 6.45) is 0.399. The summed E-state index contributed by atoms with van der Waals surface area (Å²) in [6, 6.07) is 2.23. The van der Waals surface area contributed by atoms with Crippen LogP contribution in [-0.2, 0) is 4.79 Å². The van der Waals surface area contributed by atoms with Crippen LogP contribution >= 0.6 is 0 Å². The van der Waals surface area contributed by atoms with Crippen LogP contribution < -0.4 is 5.56 Å². The molecule has 1 aliphatic heterocycles. The molecule has 0 spiro atoms. The van der Waals surface area contributed by atoms with E-state index in [0.29, 0.717) is 13.0 Å². The van der Waals surface area contributed by atoms with Gasteiger partial charge in [0.05, 0.1) is 11.5 Å². The van der Waals surface area contributed by atoms with Gasteiger partial charge in [0.2, 0.25) is 0 Å². The summed E-state index contributed by atoms with van der Waals surface area (Å²) in [5.74, 6) is -2.33. The molecule has 1 aromatic rings. The van der Waals surface area contributed by atoms with Crippen LogP contribution in [0.5, 0.6) is 5.88 Å². The molecule has 96 valence electrons. The molecule has 1 saturated heterocycles. The van der Waals surface area contributed by atoms with Crippen molar-refractivity contribution in [3.05, 3.63) is 28.0 Å². The molecule has 0 saturated carbocycles. The van der Waals surface area contributed by atoms with Gasteiger partial charge in [-0.05, 0) is 6.42 Å². The van der Waals surface area contributed by atoms with E-state index in [0.717, 1.165) is 12.1 Å². The van der Waals surface area contributed by atoms with Gasteiger partial charge in [0, 0.05) is 25.2 Å². The van der Waals surface area contributed by atoms with Gasteiger partial charge < -0.3 is 15.1 Å². The van der Waals surface area contributed by atoms with Crippen LogP contribution in [0.4, 0.5) is 0 Å². The number of hydrogen-bond acceptors (Lipinski definition) is 4. The molecule has 1 fully saturated rings. The van der Waals surface area contributed by atoms with Gasteiger partial charge in [-0.2, -0.15) is 0 Å². The number of pyridine rings is 1. The zero-order chi connectivity index (χ0) is 13.3. The number of carboxylic acids is 1. The van der Waals surface area contributed by atoms with Crippen LogP contribution in [0.25, 0.3) is 0 Å². The zero-order valence-corrected chi connectivity index (χ0v) is 9.42. The van der Waals surface area contributed by atoms with Crippen molar-refractivity contribution in [2.75, 3.05) is 13.1 Å². The van der Waals surface area contributed by atoms with E-state index < -0.39 is 23.4 Å². The minimum absolute atomic E-state index is 0.0577. The molecule has 0 radical (unpaired) electrons. The Labute approximate surface area is 102 Å². The molecule has 1 atom stereocenters. The van der Waals surface area contributed by atoms with Gasteiger partial charge in [-0.1, -0.05) is 0 Å². The molecule has 1 amide bonds. The Hall–Kier alpha value is -2.31. The fourth-order valence-electron chi connectivity index (χ4n) is 1.98. The van der Waals surface area contributed by atoms with Gasteiger partial charge >= 0.3 is 5.97 Å². The number of nitrogens with zero attached hydrogens (tertiary/aromatic N) is 1. The minimum atomic E-state index is -0.931. The lowest BCUT2D eigenvalue weighted by Crippen LogP contribution is -2.30. The largest absolute Gasteiger partial charge is 0.494 e. The van der Waals surface area contributed by atoms with Crippen molar-refractivity contribution in [2.24, 2.45) is 5.92 Å². The van der Waals surface area contributed by atoms with Crippen molar-refractivity contribution < 1.29 is 19.8 Å². The van der Waals surface area contributed by atoms with Crippen LogP contribution in [0.2, 0.25) is 0 Å². The molecular formula is C11H12N2O5. The van der Waals surface area contributed by atoms with Crippen LogP contribution in [0.3, 0.4) is 0 Å². The summed E-state index contributed by atoms with van der Waals surface area (Å²) >= 11 is 0. The van der Waals surface area contributed by atoms with Crippen molar-refractivity contribution in [1.29, 1.82) is 0 Å². The molecule has 18 heavy (non-hydrogen) atoms. The van der Waals surface area contributed by atoms with E-state index in [2.05, 4.69) is 4.98 Å². The molecule has 0 aromatic carbocycles. The monoisotopic (exact) mass is 252 g/mol. The predicted molar refractivity (Wildman–Crippen MR) is 60.4 cm³/mol. The number of aromatic nitrogens is 1. The van der Waals surface area contributed by atoms with Crippen LogP contribution in [-0.4, -0.2) is 45.1 Å². The number of hydrogen-bond donors (Lipinski definition) is 3. The van der Waals surface area contributed by atoms with E-state index in [4.69, 9.17) is 5.11 Å². The SMILES string of the molecule is O=C(O)C1CCN(C(=O)c2cc(O)[nH]c(=O)c2)C1. The molecule has 2 rings (SSSR count). The number of likely N-dealkylation sites (tertiary alicyclic amines) is 1. The number of amides is 1. The van der Waals surface area contributed by atoms with E-state index in [1.54, 1.807) is 0 Å². The topological polar surface area (TPSA) is 111 Å². The van der Waals surface area contributed by atoms with E-state index in [1.807, 2.05) is 0 Å². The summed E-state index contributed by atoms with van der Waals surface area (Å²) < 4.78 is 0. The number of aromatic hydroxyl groups is 1. The quantitative estimate of drug-likeness (QED) is 0.665. The fourth-order valence-corrected chi connectivity index (χ4v) is 1.98. The smallest absolute Gasteiger partial charge is 0.308 e. The van der Waals surface area contributed by atoms with Crippen molar-refractivity contribution in [3.63, 3.8) is 0 Å². The minimum Gasteiger partial charge on any atom is -0.494 e. The maximum atomic E-state index is 12.0. The van der Waals surface area contributed by atoms with Crippen molar-refractivity contribution in [2.45, 2.75) is 6.42 Å². The summed E-state index contributed by atoms with van der Waals surface area (Å²) in [7, 11) is 0. The summed E-state index contributed by atoms with van der Waals surface area (Å²) in [5, 5.41) is 18.0. The standard InChI is InChI=1S/C11H12N2O5/c14-8-3-7(4-9(15)12-8)10(16)13-2-1-6(5-13)11(17)18/h3-4,6H,1-2,5H2,(H,17,18)(H2,12,14,15). The highest BCUT2D eigenvalue weighted by Gasteiger charge is 2.31. The average Bonchev–Trinajstić information content (AvgIpc) is 2.75. The lowest BCUT2D eigenvalue weighted by molar-refractivity contribution is -0.141. The molecule has 0 aliphatic carbocycles. The number of carboxylic acid groups (broad SMARTS) is 1. The Bertz CT molecular complexity index is 551. The molecule has 3 N–H and O–H groups in total. The number of carbonyl (C=O) groups is 2. The third-order valence-corrected chi connectivity index (χ3v) is 2.90. The molecule has 1 aromatic heterocycles. The molecule has 7 nitrogen and oxygen atoms in total. The first kappa shape index (κ1) is 12.2. The number of nitrogens with one attached hydrogen (secondary N) is 1. The van der Waals surface area contributed by atoms with Crippen molar-refractivity contribution >= 4 is 11.9 Å². The Morgan fingerprint density at radius 2 is 2.11 bits per heavy atom. The first-order valence-corrected chi connectivity index (χ1v) is 5.43. The summed E-state index contributed by atoms with van der Waals surface area (Å²) in [5.41, 5.74) is -0.519. The van der Waals surface area contributed by atoms with E-state index >= 15 is 0 Å². The van der Waals surface area contributed by atoms with Gasteiger partial charge in [0.15, 0.2) is 5.88 Å². The number of rotatable bonds is 2. The number of carbonyl (C=O) groups excluding carboxylic acids is 1. The molecule has 0 bridgehead atoms. The van der Waals surface area contributed by atoms with Crippen LogP contribution in [0.15, 0.2) is 16.9 Å². The maximum Gasteiger partial charge on any atom is 0.308 e. The Kier molecular flexibility index (Phi) is 3.05. The normalized spacial score (nSPS) is 18.9. The lowest BCUT2D eigenvalue weighted by Gasteiger charge is -2.15. The Balaban J connectivity index is 2.17. The molecule has 1 unspecified atom stereocenters. The summed E-state index contributed by atoms with van der Waals surface area (Å²) in [6.45, 7) is 0.463. The second kappa shape index (κ2) is 4.52. The lowest BCUT2D eigenvalue weighted by atomic mass is 10.1. The molecule has 2 heterocycles. The number of aromatic amines is 1. The van der Waals surface area contributed by atoms with Gasteiger partial charge in [-0.3, -0.25) is 19.4 Å². The van der Waals surface area contributed by atoms with Crippen LogP contribution in [0.1, 0.15) is 16.8 Å². The second-order valence-corrected chi connectivity index (χ2v) is 4.19. The van der Waals surface area contributed by atoms with E-state index in [9.17, 15) is 19.5 Å². The number of aliphatic carboxylic acids is 1. The molecule has 7 heteroatoms. The predicted octanol–water partition coefficient (Wildman–Crippen LogP) is -0.373. The highest BCUT2D eigenvalue weighted by Crippen LogP contribution is 2.19. The Morgan fingerprint density at radius 1 is 1.39 bits per heavy atom. The van der Waals surface area contributed by atoms with Crippen LogP contribution in [0, 0.1) is 5.92 Å². The fraction of sp³-hybridized carbons (Fsp3) is 0.364. The zero-order valence-electron chi connectivity index (χ0n) is 9.42. The summed E-state index contributed by atoms with van der Waals surface area (Å²) in [4.78, 5) is 37.4.